The van der Waals surface area contributed by atoms with E-state index in [0.29, 0.717) is 40.3 Å². The minimum atomic E-state index is -0.343. The van der Waals surface area contributed by atoms with Crippen molar-refractivity contribution >= 4 is 28.6 Å². The second-order valence-electron chi connectivity index (χ2n) is 13.7. The molecule has 2 atom stereocenters. The first-order valence-electron chi connectivity index (χ1n) is 18.5. The second-order valence-corrected chi connectivity index (χ2v) is 13.7. The molecule has 2 unspecified atom stereocenters. The lowest BCUT2D eigenvalue weighted by molar-refractivity contribution is 0.267. The van der Waals surface area contributed by atoms with Gasteiger partial charge in [0.1, 0.15) is 28.8 Å². The Labute approximate surface area is 323 Å². The first-order chi connectivity index (χ1) is 27.7. The number of rotatable bonds is 8. The van der Waals surface area contributed by atoms with Crippen LogP contribution in [0.5, 0.6) is 5.75 Å². The first-order valence-corrected chi connectivity index (χ1v) is 18.5. The van der Waals surface area contributed by atoms with Crippen LogP contribution in [0.15, 0.2) is 191 Å². The van der Waals surface area contributed by atoms with Crippen molar-refractivity contribution in [3.8, 4) is 51.0 Å². The Bertz CT molecular complexity index is 2860. The zero-order valence-electron chi connectivity index (χ0n) is 30.1. The number of benzene rings is 6. The summed E-state index contributed by atoms with van der Waals surface area (Å²) in [5.41, 5.74) is 8.96. The molecule has 1 aliphatic heterocycles. The van der Waals surface area contributed by atoms with E-state index in [2.05, 4.69) is 30.3 Å². The fourth-order valence-corrected chi connectivity index (χ4v) is 7.54. The minimum absolute atomic E-state index is 0.259. The molecule has 0 fully saturated rings. The van der Waals surface area contributed by atoms with E-state index in [4.69, 9.17) is 29.1 Å². The molecule has 0 radical (unpaired) electrons. The van der Waals surface area contributed by atoms with Crippen LogP contribution in [0.2, 0.25) is 0 Å². The zero-order valence-corrected chi connectivity index (χ0v) is 30.1. The average molecular weight is 724 g/mol. The SMILES string of the molecule is N=C(C1=CC=CC2Oc3c(-c4nc(-c5ccccc5)nc(-c5cccc(-c6ccccc6)c5)n4)cccc3C12)c1oc2ccccc2c1/N=C/c1ccccc1. The van der Waals surface area contributed by atoms with Crippen molar-refractivity contribution in [1.82, 2.24) is 15.0 Å². The highest BCUT2D eigenvalue weighted by Crippen LogP contribution is 2.50. The van der Waals surface area contributed by atoms with E-state index < -0.39 is 0 Å². The third-order valence-corrected chi connectivity index (χ3v) is 10.2. The van der Waals surface area contributed by atoms with Crippen molar-refractivity contribution in [2.45, 2.75) is 12.0 Å². The van der Waals surface area contributed by atoms with E-state index in [1.807, 2.05) is 152 Å². The van der Waals surface area contributed by atoms with E-state index in [0.717, 1.165) is 49.9 Å². The van der Waals surface area contributed by atoms with Crippen LogP contribution in [0, 0.1) is 5.41 Å². The van der Waals surface area contributed by atoms with Crippen LogP contribution in [0.4, 0.5) is 5.69 Å². The number of nitrogens with zero attached hydrogens (tertiary/aromatic N) is 4. The Morgan fingerprint density at radius 2 is 1.27 bits per heavy atom. The third-order valence-electron chi connectivity index (χ3n) is 10.2. The van der Waals surface area contributed by atoms with Gasteiger partial charge in [0.05, 0.1) is 11.5 Å². The Morgan fingerprint density at radius 1 is 0.625 bits per heavy atom. The minimum Gasteiger partial charge on any atom is -0.484 e. The molecule has 1 N–H and O–H groups in total. The van der Waals surface area contributed by atoms with Gasteiger partial charge in [-0.15, -0.1) is 0 Å². The van der Waals surface area contributed by atoms with Crippen LogP contribution >= 0.6 is 0 Å². The van der Waals surface area contributed by atoms with Gasteiger partial charge >= 0.3 is 0 Å². The highest BCUT2D eigenvalue weighted by molar-refractivity contribution is 6.17. The summed E-state index contributed by atoms with van der Waals surface area (Å²) < 4.78 is 13.2. The molecule has 0 bridgehead atoms. The molecule has 10 rings (SSSR count). The van der Waals surface area contributed by atoms with E-state index >= 15 is 0 Å². The molecule has 0 saturated carbocycles. The Kier molecular flexibility index (Phi) is 8.30. The molecule has 2 aromatic heterocycles. The molecule has 0 spiro atoms. The molecular weight excluding hydrogens is 691 g/mol. The third kappa shape index (κ3) is 6.01. The average Bonchev–Trinajstić information content (AvgIpc) is 3.85. The molecule has 8 aromatic rings. The smallest absolute Gasteiger partial charge is 0.178 e. The summed E-state index contributed by atoms with van der Waals surface area (Å²) in [5, 5.41) is 10.5. The fraction of sp³-hybridized carbons (Fsp3) is 0.0408. The van der Waals surface area contributed by atoms with Gasteiger partial charge in [-0.1, -0.05) is 146 Å². The maximum Gasteiger partial charge on any atom is 0.178 e. The van der Waals surface area contributed by atoms with Crippen LogP contribution < -0.4 is 4.74 Å². The van der Waals surface area contributed by atoms with E-state index in [1.165, 1.54) is 0 Å². The van der Waals surface area contributed by atoms with Gasteiger partial charge in [-0.2, -0.15) is 0 Å². The van der Waals surface area contributed by atoms with Crippen molar-refractivity contribution < 1.29 is 9.15 Å². The maximum atomic E-state index is 9.66. The summed E-state index contributed by atoms with van der Waals surface area (Å²) in [5.74, 6) is 2.48. The number of allylic oxidation sites excluding steroid dienone is 2. The predicted octanol–water partition coefficient (Wildman–Crippen LogP) is 11.4. The van der Waals surface area contributed by atoms with Crippen LogP contribution in [0.25, 0.3) is 56.3 Å². The summed E-state index contributed by atoms with van der Waals surface area (Å²) >= 11 is 0. The molecule has 6 aromatic carbocycles. The quantitative estimate of drug-likeness (QED) is 0.157. The van der Waals surface area contributed by atoms with Crippen LogP contribution in [-0.2, 0) is 0 Å². The summed E-state index contributed by atoms with van der Waals surface area (Å²) in [7, 11) is 0. The van der Waals surface area contributed by atoms with Crippen LogP contribution in [0.1, 0.15) is 22.8 Å². The van der Waals surface area contributed by atoms with Crippen LogP contribution in [-0.4, -0.2) is 33.0 Å². The normalized spacial score (nSPS) is 15.7. The highest BCUT2D eigenvalue weighted by atomic mass is 16.5. The van der Waals surface area contributed by atoms with Gasteiger partial charge in [0.2, 0.25) is 0 Å². The molecule has 0 saturated heterocycles. The lowest BCUT2D eigenvalue weighted by atomic mass is 9.81. The van der Waals surface area contributed by atoms with Gasteiger partial charge in [0.25, 0.3) is 0 Å². The van der Waals surface area contributed by atoms with Gasteiger partial charge in [-0.3, -0.25) is 10.4 Å². The molecule has 2 aliphatic rings. The van der Waals surface area contributed by atoms with Gasteiger partial charge in [-0.05, 0) is 52.6 Å². The molecule has 1 aliphatic carbocycles. The van der Waals surface area contributed by atoms with E-state index in [9.17, 15) is 5.41 Å². The van der Waals surface area contributed by atoms with Gasteiger partial charge in [-0.25, -0.2) is 15.0 Å². The number of para-hydroxylation sites is 2. The summed E-state index contributed by atoms with van der Waals surface area (Å²) in [6.45, 7) is 0. The first kappa shape index (κ1) is 33.1. The number of ether oxygens (including phenoxy) is 1. The molecule has 266 valence electrons. The number of hydrogen-bond donors (Lipinski definition) is 1. The van der Waals surface area contributed by atoms with Crippen molar-refractivity contribution in [2.75, 3.05) is 0 Å². The molecule has 3 heterocycles. The van der Waals surface area contributed by atoms with Crippen molar-refractivity contribution in [3.05, 3.63) is 198 Å². The van der Waals surface area contributed by atoms with Gasteiger partial charge in [0.15, 0.2) is 23.2 Å². The lowest BCUT2D eigenvalue weighted by Crippen LogP contribution is -2.24. The number of hydrogen-bond acceptors (Lipinski definition) is 7. The van der Waals surface area contributed by atoms with Gasteiger partial charge < -0.3 is 9.15 Å². The summed E-state index contributed by atoms with van der Waals surface area (Å²) in [6, 6.07) is 52.3. The molecule has 0 amide bonds. The zero-order chi connectivity index (χ0) is 37.4. The van der Waals surface area contributed by atoms with E-state index in [1.54, 1.807) is 0 Å². The molecule has 56 heavy (non-hydrogen) atoms. The Morgan fingerprint density at radius 3 is 2.07 bits per heavy atom. The number of aliphatic imine (C=N–C) groups is 1. The highest BCUT2D eigenvalue weighted by Gasteiger charge is 2.41. The Balaban J connectivity index is 1.06. The lowest BCUT2D eigenvalue weighted by Gasteiger charge is -2.22. The van der Waals surface area contributed by atoms with Crippen molar-refractivity contribution in [2.24, 2.45) is 4.99 Å². The summed E-state index contributed by atoms with van der Waals surface area (Å²) in [6.07, 6.45) is 7.46. The number of furan rings is 1. The summed E-state index contributed by atoms with van der Waals surface area (Å²) in [4.78, 5) is 20.0. The molecular formula is C49H33N5O2. The maximum absolute atomic E-state index is 9.66. The number of fused-ring (bicyclic) bond motifs is 4. The number of aromatic nitrogens is 3. The van der Waals surface area contributed by atoms with Crippen LogP contribution in [0.3, 0.4) is 0 Å². The topological polar surface area (TPSA) is 97.2 Å². The molecule has 7 heteroatoms. The van der Waals surface area contributed by atoms with Crippen molar-refractivity contribution in [3.63, 3.8) is 0 Å². The number of nitrogens with one attached hydrogen (secondary N) is 1. The predicted molar refractivity (Wildman–Crippen MR) is 223 cm³/mol. The Hall–Kier alpha value is -7.51. The fourth-order valence-electron chi connectivity index (χ4n) is 7.54. The van der Waals surface area contributed by atoms with Crippen molar-refractivity contribution in [1.29, 1.82) is 5.41 Å². The standard InChI is InChI=1S/C49H33N5O2/c50-43(46-44(36-23-10-11-27-40(36)55-46)51-30-31-15-4-1-5-16-31)37-24-14-28-41-42(37)38-25-13-26-39(45(38)56-41)49-53-47(33-19-8-3-9-20-33)52-48(54-49)35-22-12-21-34(29-35)32-17-6-2-7-18-32/h1-30,41-42,50H/b50-43?,51-30+. The van der Waals surface area contributed by atoms with E-state index in [-0.39, 0.29) is 17.7 Å². The second kappa shape index (κ2) is 14.0. The monoisotopic (exact) mass is 723 g/mol. The largest absolute Gasteiger partial charge is 0.484 e. The molecule has 7 nitrogen and oxygen atoms in total. The van der Waals surface area contributed by atoms with Gasteiger partial charge in [0, 0.05) is 28.3 Å².